The zero-order chi connectivity index (χ0) is 8.65. The van der Waals surface area contributed by atoms with Crippen molar-refractivity contribution in [3.63, 3.8) is 0 Å². The van der Waals surface area contributed by atoms with Crippen LogP contribution in [0.2, 0.25) is 0 Å². The summed E-state index contributed by atoms with van der Waals surface area (Å²) in [5.74, 6) is 0. The fourth-order valence-corrected chi connectivity index (χ4v) is 1.15. The summed E-state index contributed by atoms with van der Waals surface area (Å²) in [4.78, 5) is 0. The van der Waals surface area contributed by atoms with E-state index in [0.717, 1.165) is 13.0 Å². The standard InChI is InChI=1S/C10H16N2.2ClH/c1-11-12-9-5-8-10-6-3-2-4-7-10;;/h2-4,6-7,11-12H,5,8-9H2,1H3;2*1H. The van der Waals surface area contributed by atoms with Crippen LogP contribution in [0.3, 0.4) is 0 Å². The average molecular weight is 237 g/mol. The van der Waals surface area contributed by atoms with Gasteiger partial charge in [-0.05, 0) is 25.5 Å². The summed E-state index contributed by atoms with van der Waals surface area (Å²) in [6.07, 6.45) is 2.32. The number of nitrogens with one attached hydrogen (secondary N) is 2. The van der Waals surface area contributed by atoms with E-state index in [1.165, 1.54) is 12.0 Å². The van der Waals surface area contributed by atoms with E-state index in [1.807, 2.05) is 7.05 Å². The topological polar surface area (TPSA) is 24.1 Å². The molecule has 0 aliphatic carbocycles. The summed E-state index contributed by atoms with van der Waals surface area (Å²) < 4.78 is 0. The molecule has 0 atom stereocenters. The van der Waals surface area contributed by atoms with Gasteiger partial charge in [0.25, 0.3) is 0 Å². The number of benzene rings is 1. The first-order valence-electron chi connectivity index (χ1n) is 4.37. The molecule has 0 heterocycles. The molecule has 0 amide bonds. The third-order valence-electron chi connectivity index (χ3n) is 1.79. The lowest BCUT2D eigenvalue weighted by molar-refractivity contribution is 0.575. The molecule has 0 fully saturated rings. The van der Waals surface area contributed by atoms with Gasteiger partial charge in [-0.2, -0.15) is 0 Å². The van der Waals surface area contributed by atoms with Crippen LogP contribution in [0.15, 0.2) is 30.3 Å². The Morgan fingerprint density at radius 3 is 2.29 bits per heavy atom. The molecule has 0 radical (unpaired) electrons. The number of halogens is 2. The highest BCUT2D eigenvalue weighted by molar-refractivity contribution is 5.85. The Hall–Kier alpha value is -0.280. The lowest BCUT2D eigenvalue weighted by Gasteiger charge is -2.02. The van der Waals surface area contributed by atoms with Gasteiger partial charge in [0.05, 0.1) is 0 Å². The van der Waals surface area contributed by atoms with Crippen molar-refractivity contribution >= 4 is 24.8 Å². The molecular formula is C10H18Cl2N2. The van der Waals surface area contributed by atoms with Crippen molar-refractivity contribution in [1.29, 1.82) is 0 Å². The average Bonchev–Trinajstić information content (AvgIpc) is 2.14. The first kappa shape index (κ1) is 16.2. The first-order chi connectivity index (χ1) is 5.93. The largest absolute Gasteiger partial charge is 0.261 e. The third kappa shape index (κ3) is 7.15. The summed E-state index contributed by atoms with van der Waals surface area (Å²) in [6.45, 7) is 1.02. The number of hydrazine groups is 1. The van der Waals surface area contributed by atoms with E-state index in [0.29, 0.717) is 0 Å². The Kier molecular flexibility index (Phi) is 12.5. The van der Waals surface area contributed by atoms with Gasteiger partial charge in [0.15, 0.2) is 0 Å². The van der Waals surface area contributed by atoms with Crippen molar-refractivity contribution in [2.75, 3.05) is 13.6 Å². The van der Waals surface area contributed by atoms with Crippen LogP contribution >= 0.6 is 24.8 Å². The Bertz CT molecular complexity index is 205. The molecule has 0 bridgehead atoms. The van der Waals surface area contributed by atoms with Crippen LogP contribution in [0.5, 0.6) is 0 Å². The molecule has 2 N–H and O–H groups in total. The van der Waals surface area contributed by atoms with Gasteiger partial charge in [-0.25, -0.2) is 0 Å². The van der Waals surface area contributed by atoms with Gasteiger partial charge in [0.2, 0.25) is 0 Å². The van der Waals surface area contributed by atoms with Gasteiger partial charge < -0.3 is 0 Å². The molecule has 1 aromatic carbocycles. The predicted molar refractivity (Wildman–Crippen MR) is 66.3 cm³/mol. The highest BCUT2D eigenvalue weighted by Gasteiger charge is 1.89. The minimum atomic E-state index is 0. The molecule has 1 rings (SSSR count). The Morgan fingerprint density at radius 2 is 1.71 bits per heavy atom. The molecule has 0 saturated heterocycles. The van der Waals surface area contributed by atoms with Crippen LogP contribution < -0.4 is 10.9 Å². The molecule has 1 aromatic rings. The molecule has 0 saturated carbocycles. The van der Waals surface area contributed by atoms with Crippen LogP contribution in [0.1, 0.15) is 12.0 Å². The smallest absolute Gasteiger partial charge is 0.0103 e. The lowest BCUT2D eigenvalue weighted by atomic mass is 10.1. The van der Waals surface area contributed by atoms with E-state index in [-0.39, 0.29) is 24.8 Å². The zero-order valence-electron chi connectivity index (χ0n) is 8.32. The minimum absolute atomic E-state index is 0. The van der Waals surface area contributed by atoms with Crippen molar-refractivity contribution in [2.45, 2.75) is 12.8 Å². The molecule has 4 heteroatoms. The van der Waals surface area contributed by atoms with E-state index in [1.54, 1.807) is 0 Å². The fraction of sp³-hybridized carbons (Fsp3) is 0.400. The van der Waals surface area contributed by atoms with Gasteiger partial charge in [0, 0.05) is 6.54 Å². The lowest BCUT2D eigenvalue weighted by Crippen LogP contribution is -2.28. The first-order valence-corrected chi connectivity index (χ1v) is 4.37. The summed E-state index contributed by atoms with van der Waals surface area (Å²) in [5.41, 5.74) is 7.38. The summed E-state index contributed by atoms with van der Waals surface area (Å²) >= 11 is 0. The molecule has 0 aromatic heterocycles. The third-order valence-corrected chi connectivity index (χ3v) is 1.79. The summed E-state index contributed by atoms with van der Waals surface area (Å²) in [7, 11) is 1.89. The predicted octanol–water partition coefficient (Wildman–Crippen LogP) is 2.19. The highest BCUT2D eigenvalue weighted by atomic mass is 35.5. The van der Waals surface area contributed by atoms with E-state index in [9.17, 15) is 0 Å². The number of hydrogen-bond donors (Lipinski definition) is 2. The van der Waals surface area contributed by atoms with Crippen LogP contribution in [0.4, 0.5) is 0 Å². The van der Waals surface area contributed by atoms with Crippen molar-refractivity contribution in [1.82, 2.24) is 10.9 Å². The van der Waals surface area contributed by atoms with E-state index in [4.69, 9.17) is 0 Å². The zero-order valence-corrected chi connectivity index (χ0v) is 9.96. The second-order valence-corrected chi connectivity index (χ2v) is 2.77. The molecular weight excluding hydrogens is 219 g/mol. The van der Waals surface area contributed by atoms with Gasteiger partial charge in [-0.15, -0.1) is 24.8 Å². The molecule has 0 spiro atoms. The van der Waals surface area contributed by atoms with Gasteiger partial charge >= 0.3 is 0 Å². The molecule has 82 valence electrons. The SMILES string of the molecule is CNNCCCc1ccccc1.Cl.Cl. The van der Waals surface area contributed by atoms with Crippen LogP contribution in [-0.2, 0) is 6.42 Å². The van der Waals surface area contributed by atoms with Crippen molar-refractivity contribution in [2.24, 2.45) is 0 Å². The molecule has 2 nitrogen and oxygen atoms in total. The second-order valence-electron chi connectivity index (χ2n) is 2.77. The van der Waals surface area contributed by atoms with Crippen molar-refractivity contribution in [3.05, 3.63) is 35.9 Å². The normalized spacial score (nSPS) is 8.64. The fourth-order valence-electron chi connectivity index (χ4n) is 1.15. The van der Waals surface area contributed by atoms with Crippen LogP contribution in [0.25, 0.3) is 0 Å². The maximum atomic E-state index is 3.07. The monoisotopic (exact) mass is 236 g/mol. The van der Waals surface area contributed by atoms with E-state index >= 15 is 0 Å². The number of aryl methyl sites for hydroxylation is 1. The number of hydrogen-bond acceptors (Lipinski definition) is 2. The Morgan fingerprint density at radius 1 is 1.07 bits per heavy atom. The molecule has 0 aliphatic rings. The van der Waals surface area contributed by atoms with Gasteiger partial charge in [-0.3, -0.25) is 10.9 Å². The van der Waals surface area contributed by atoms with Crippen LogP contribution in [0, 0.1) is 0 Å². The summed E-state index contributed by atoms with van der Waals surface area (Å²) in [5, 5.41) is 0. The van der Waals surface area contributed by atoms with Crippen LogP contribution in [-0.4, -0.2) is 13.6 Å². The number of rotatable bonds is 5. The van der Waals surface area contributed by atoms with Gasteiger partial charge in [-0.1, -0.05) is 30.3 Å². The van der Waals surface area contributed by atoms with Gasteiger partial charge in [0.1, 0.15) is 0 Å². The second kappa shape index (κ2) is 10.8. The molecule has 0 aliphatic heterocycles. The Balaban J connectivity index is 0. The van der Waals surface area contributed by atoms with Crippen molar-refractivity contribution < 1.29 is 0 Å². The van der Waals surface area contributed by atoms with E-state index in [2.05, 4.69) is 41.2 Å². The van der Waals surface area contributed by atoms with E-state index < -0.39 is 0 Å². The minimum Gasteiger partial charge on any atom is -0.261 e. The molecule has 0 unspecified atom stereocenters. The summed E-state index contributed by atoms with van der Waals surface area (Å²) in [6, 6.07) is 10.6. The molecule has 14 heavy (non-hydrogen) atoms. The maximum absolute atomic E-state index is 3.07. The Labute approximate surface area is 98.3 Å². The highest BCUT2D eigenvalue weighted by Crippen LogP contribution is 2.00. The van der Waals surface area contributed by atoms with Crippen molar-refractivity contribution in [3.8, 4) is 0 Å². The maximum Gasteiger partial charge on any atom is 0.0103 e. The quantitative estimate of drug-likeness (QED) is 0.606.